The molecule has 1 aromatic heterocycles. The maximum absolute atomic E-state index is 15.3. The number of H-pyrrole nitrogens is 1. The van der Waals surface area contributed by atoms with E-state index in [-0.39, 0.29) is 167 Å². The van der Waals surface area contributed by atoms with Crippen LogP contribution in [0.25, 0.3) is 0 Å². The number of hydrogen-bond acceptors (Lipinski definition) is 26. The third kappa shape index (κ3) is 44.6. The summed E-state index contributed by atoms with van der Waals surface area (Å²) in [5, 5.41) is 98.8. The van der Waals surface area contributed by atoms with Gasteiger partial charge in [0, 0.05) is 75.6 Å². The first-order valence-electron chi connectivity index (χ1n) is 49.2. The lowest BCUT2D eigenvalue weighted by molar-refractivity contribution is -0.143. The number of nitrogens with one attached hydrogen (secondary N) is 23. The van der Waals surface area contributed by atoms with Gasteiger partial charge in [-0.25, -0.2) is 9.78 Å². The average molecular weight is 2130 g/mol. The minimum Gasteiger partial charge on any atom is -0.480 e. The topological polar surface area (TPSA) is 877 Å². The number of unbranched alkanes of at least 4 members (excludes halogenated alkanes) is 2. The molecule has 39 N–H and O–H groups in total. The van der Waals surface area contributed by atoms with Gasteiger partial charge in [0.25, 0.3) is 0 Å². The van der Waals surface area contributed by atoms with Gasteiger partial charge in [-0.05, 0) is 172 Å². The average Bonchev–Trinajstić information content (AvgIpc) is 1.70. The van der Waals surface area contributed by atoms with Gasteiger partial charge in [-0.15, -0.1) is 0 Å². The Bertz CT molecular complexity index is 4940. The molecule has 2 saturated heterocycles. The first kappa shape index (κ1) is 123. The highest BCUT2D eigenvalue weighted by Gasteiger charge is 2.44. The number of imidazole rings is 1. The van der Waals surface area contributed by atoms with Crippen LogP contribution in [0.4, 0.5) is 0 Å². The van der Waals surface area contributed by atoms with Gasteiger partial charge in [-0.2, -0.15) is 0 Å². The third-order valence-corrected chi connectivity index (χ3v) is 24.5. The van der Waals surface area contributed by atoms with Crippen molar-refractivity contribution in [3.8, 4) is 0 Å². The maximum atomic E-state index is 15.3. The van der Waals surface area contributed by atoms with Crippen molar-refractivity contribution < 1.29 is 96.5 Å². The lowest BCUT2D eigenvalue weighted by atomic mass is 10.00. The molecule has 3 heterocycles. The number of hydrogen-bond donors (Lipinski definition) is 32. The Balaban J connectivity index is 1.35. The highest BCUT2D eigenvalue weighted by Crippen LogP contribution is 2.24. The zero-order valence-electron chi connectivity index (χ0n) is 83.9. The van der Waals surface area contributed by atoms with Gasteiger partial charge in [-0.1, -0.05) is 92.0 Å². The van der Waals surface area contributed by atoms with Gasteiger partial charge in [0.15, 0.2) is 23.8 Å². The molecule has 54 heteroatoms. The molecule has 2 aliphatic heterocycles. The largest absolute Gasteiger partial charge is 0.480 e. The second kappa shape index (κ2) is 63.7. The van der Waals surface area contributed by atoms with Gasteiger partial charge in [0.2, 0.25) is 100 Å². The first-order chi connectivity index (χ1) is 69.6. The summed E-state index contributed by atoms with van der Waals surface area (Å²) >= 11 is 3.34. The number of aromatic amines is 1. The summed E-state index contributed by atoms with van der Waals surface area (Å²) in [6.45, 7) is 7.65. The smallest absolute Gasteiger partial charge is 0.326 e. The van der Waals surface area contributed by atoms with Gasteiger partial charge >= 0.3 is 5.97 Å². The summed E-state index contributed by atoms with van der Waals surface area (Å²) in [6, 6.07) is -6.43. The van der Waals surface area contributed by atoms with Gasteiger partial charge < -0.3 is 161 Å². The van der Waals surface area contributed by atoms with E-state index in [1.54, 1.807) is 68.4 Å². The summed E-state index contributed by atoms with van der Waals surface area (Å²) in [5.74, 6) is -18.8. The molecular weight excluding hydrogens is 1980 g/mol. The number of primary amides is 1. The standard InChI is InChI=1S/C93H150BrN33O20/c1-7-8-22-61(83(141)125-93(5,6)88(147)124-67(87(145)146)45-54-30-32-55(94)33-31-54)118-84(142)69-28-18-41-126(69)72(130)48-111-74(132)57(23-12-13-36-95)113-81(139)66(46-56-47-106-50-112-56)122-82(140)68(49-128)123-79(137)64(43-51(2)3)121-77(135)60(26-16-39-109-91(102)103)117-85(143)70-29-19-42-127(70)86(144)63(27-17-40-110-92(104)105)119-78(136)62(34-35-71(97)129)116-76(134)58(24-14-37-107-89(98)99)114-75(133)59(25-15-38-108-90(100)101)115-80(138)65(120-73(131)52(4)96)44-53-20-10-9-11-21-53/h9-11,20-21,30-33,47,50-52,57-70,128H,7-8,12-19,22-29,34-46,48-49,95-96H2,1-6H3,(H2,97,129)(H,106,112)(H,111,132)(H,113,139)(H,114,133)(H,115,138)(H,116,134)(H,117,143)(H,118,142)(H,119,136)(H,120,131)(H,121,135)(H,122,140)(H,123,137)(H,124,147)(H,125,141)(H,145,146)(H4,98,99,107)(H4,100,101,108)(H4,102,103,109)(H4,104,105,110)/t52-,57-,58-,59-,60-,61-,62-,63-,64-,65-,66-,67-,68-,69-,70-/m0/s1. The number of carbonyl (C=O) groups excluding carboxylic acids is 17. The molecule has 0 saturated carbocycles. The molecule has 0 radical (unpaired) electrons. The number of rotatable bonds is 66. The van der Waals surface area contributed by atoms with Crippen molar-refractivity contribution in [2.24, 2.45) is 46.1 Å². The predicted molar refractivity (Wildman–Crippen MR) is 543 cm³/mol. The Morgan fingerprint density at radius 2 is 0.864 bits per heavy atom. The summed E-state index contributed by atoms with van der Waals surface area (Å²) < 4.78 is 0.759. The minimum absolute atomic E-state index is 0.00540. The number of aliphatic hydroxyl groups excluding tert-OH is 1. The second-order valence-electron chi connectivity index (χ2n) is 37.1. The Morgan fingerprint density at radius 1 is 0.463 bits per heavy atom. The maximum Gasteiger partial charge on any atom is 0.326 e. The number of guanidine groups is 4. The fraction of sp³-hybridized carbons (Fsp3) is 0.602. The van der Waals surface area contributed by atoms with E-state index in [2.05, 4.69) is 122 Å². The fourth-order valence-electron chi connectivity index (χ4n) is 16.0. The van der Waals surface area contributed by atoms with Gasteiger partial charge in [0.05, 0.1) is 31.2 Å². The lowest BCUT2D eigenvalue weighted by Crippen LogP contribution is -2.62. The molecule has 15 atom stereocenters. The number of likely N-dealkylation sites (tertiary alicyclic amines) is 2. The van der Waals surface area contributed by atoms with E-state index in [4.69, 9.17) is 61.8 Å². The van der Waals surface area contributed by atoms with Gasteiger partial charge in [-0.3, -0.25) is 103 Å². The van der Waals surface area contributed by atoms with Crippen molar-refractivity contribution in [1.29, 1.82) is 21.6 Å². The molecule has 2 aliphatic rings. The molecule has 2 fully saturated rings. The number of aliphatic hydroxyl groups is 1. The van der Waals surface area contributed by atoms with Crippen molar-refractivity contribution in [1.82, 2.24) is 115 Å². The van der Waals surface area contributed by atoms with E-state index in [0.717, 1.165) is 9.37 Å². The lowest BCUT2D eigenvalue weighted by Gasteiger charge is -2.31. The van der Waals surface area contributed by atoms with Crippen molar-refractivity contribution in [3.05, 3.63) is 88.4 Å². The Morgan fingerprint density at radius 3 is 1.33 bits per heavy atom. The van der Waals surface area contributed by atoms with E-state index in [1.807, 2.05) is 6.92 Å². The van der Waals surface area contributed by atoms with Crippen molar-refractivity contribution >= 4 is 146 Å². The summed E-state index contributed by atoms with van der Waals surface area (Å²) in [4.78, 5) is 265. The Kier molecular flexibility index (Phi) is 53.3. The zero-order chi connectivity index (χ0) is 109. The van der Waals surface area contributed by atoms with Crippen molar-refractivity contribution in [2.75, 3.05) is 59.0 Å². The molecule has 2 aromatic carbocycles. The number of carbonyl (C=O) groups is 18. The normalized spacial score (nSPS) is 15.9. The van der Waals surface area contributed by atoms with Crippen LogP contribution in [0, 0.1) is 27.6 Å². The highest BCUT2D eigenvalue weighted by molar-refractivity contribution is 9.10. The molecule has 3 aromatic rings. The number of carboxylic acid groups (broad SMARTS) is 1. The summed E-state index contributed by atoms with van der Waals surface area (Å²) in [6.07, 6.45) is 2.61. The van der Waals surface area contributed by atoms with Crippen LogP contribution in [0.15, 0.2) is 71.6 Å². The number of aliphatic carboxylic acids is 1. The molecule has 0 unspecified atom stereocenters. The molecule has 0 bridgehead atoms. The van der Waals surface area contributed by atoms with E-state index < -0.39 is 258 Å². The number of nitrogens with two attached hydrogens (primary N) is 7. The fourth-order valence-corrected chi connectivity index (χ4v) is 16.3. The molecule has 814 valence electrons. The Labute approximate surface area is 860 Å². The number of halogens is 1. The van der Waals surface area contributed by atoms with Crippen LogP contribution in [0.1, 0.15) is 193 Å². The van der Waals surface area contributed by atoms with Crippen LogP contribution in [0.2, 0.25) is 0 Å². The number of aromatic nitrogens is 2. The molecule has 147 heavy (non-hydrogen) atoms. The monoisotopic (exact) mass is 2130 g/mol. The van der Waals surface area contributed by atoms with Crippen LogP contribution in [0.5, 0.6) is 0 Å². The quantitative estimate of drug-likeness (QED) is 0.0142. The number of carboxylic acids is 1. The predicted octanol–water partition coefficient (Wildman–Crippen LogP) is -6.88. The summed E-state index contributed by atoms with van der Waals surface area (Å²) in [7, 11) is 0. The van der Waals surface area contributed by atoms with E-state index in [1.165, 1.54) is 38.2 Å². The molecule has 53 nitrogen and oxygen atoms in total. The summed E-state index contributed by atoms with van der Waals surface area (Å²) in [5.41, 5.74) is 39.4. The molecule has 5 rings (SSSR count). The van der Waals surface area contributed by atoms with Crippen LogP contribution < -0.4 is 136 Å². The third-order valence-electron chi connectivity index (χ3n) is 24.0. The first-order valence-corrected chi connectivity index (χ1v) is 49.9. The van der Waals surface area contributed by atoms with Crippen LogP contribution in [0.3, 0.4) is 0 Å². The molecule has 17 amide bonds. The number of benzene rings is 2. The molecule has 0 aliphatic carbocycles. The number of amides is 17. The van der Waals surface area contributed by atoms with E-state index in [0.29, 0.717) is 36.8 Å². The molecular formula is C93H150BrN33O20. The van der Waals surface area contributed by atoms with Crippen LogP contribution in [-0.4, -0.2) is 315 Å². The van der Waals surface area contributed by atoms with Crippen LogP contribution >= 0.6 is 15.9 Å². The van der Waals surface area contributed by atoms with E-state index in [9.17, 15) is 91.7 Å². The van der Waals surface area contributed by atoms with E-state index >= 15 is 4.79 Å². The van der Waals surface area contributed by atoms with Gasteiger partial charge in [0.1, 0.15) is 90.1 Å². The van der Waals surface area contributed by atoms with Crippen molar-refractivity contribution in [3.63, 3.8) is 0 Å². The second-order valence-corrected chi connectivity index (χ2v) is 38.0. The SMILES string of the molecule is CCCC[C@H](NC(=O)[C@@H]1CCCN1C(=O)CNC(=O)[C@H](CCCCN)NC(=O)[C@H](Cc1c[nH]cn1)NC(=O)[C@H](CO)NC(=O)[C@H](CC(C)C)NC(=O)[C@H](CCCNC(=N)N)NC(=O)[C@@H]1CCCN1C(=O)[C@H](CCCNC(=N)N)NC(=O)[C@H](CCC(N)=O)NC(=O)[C@H](CCCNC(=N)N)NC(=O)[C@H](CCCNC(=N)N)NC(=O)[C@H](Cc1ccccc1)NC(=O)[C@H](C)N)C(=O)NC(C)(C)C(=O)N[C@@H](Cc1ccc(Br)cc1)C(=O)O. The highest BCUT2D eigenvalue weighted by atomic mass is 79.9. The minimum atomic E-state index is -1.87. The molecule has 0 spiro atoms. The van der Waals surface area contributed by atoms with Crippen LogP contribution in [-0.2, 0) is 106 Å². The number of nitrogens with zero attached hydrogens (tertiary/aromatic N) is 3. The van der Waals surface area contributed by atoms with Crippen molar-refractivity contribution in [2.45, 2.75) is 292 Å². The zero-order valence-corrected chi connectivity index (χ0v) is 85.5. The Hall–Kier alpha value is -14.5.